The predicted molar refractivity (Wildman–Crippen MR) is 112 cm³/mol. The fourth-order valence-corrected chi connectivity index (χ4v) is 3.51. The quantitative estimate of drug-likeness (QED) is 0.306. The van der Waals surface area contributed by atoms with E-state index in [2.05, 4.69) is 5.32 Å². The number of aromatic nitrogens is 1. The standard InChI is InChI=1S/C23H14ClF3N2O2/c24-15-9-10-19(18(12-15)23(25,26)27)28-22(31)21(30)20-17(14-6-2-1-3-7-14)13-16-8-4-5-11-29(16)20/h1-13H,(H,28,31). The zero-order valence-corrected chi connectivity index (χ0v) is 16.5. The Labute approximate surface area is 179 Å². The zero-order valence-electron chi connectivity index (χ0n) is 15.8. The second kappa shape index (κ2) is 7.92. The summed E-state index contributed by atoms with van der Waals surface area (Å²) in [5.41, 5.74) is 0.243. The Hall–Kier alpha value is -3.58. The first-order chi connectivity index (χ1) is 14.8. The number of Topliss-reactive ketones (excluding diaryl/α,β-unsaturated/α-hetero) is 1. The molecule has 31 heavy (non-hydrogen) atoms. The van der Waals surface area contributed by atoms with Crippen molar-refractivity contribution in [3.63, 3.8) is 0 Å². The van der Waals surface area contributed by atoms with Crippen LogP contribution in [0, 0.1) is 0 Å². The van der Waals surface area contributed by atoms with E-state index >= 15 is 0 Å². The molecular formula is C23H14ClF3N2O2. The lowest BCUT2D eigenvalue weighted by Crippen LogP contribution is -2.26. The van der Waals surface area contributed by atoms with Gasteiger partial charge in [0.15, 0.2) is 0 Å². The van der Waals surface area contributed by atoms with Crippen molar-refractivity contribution in [2.45, 2.75) is 6.18 Å². The summed E-state index contributed by atoms with van der Waals surface area (Å²) in [5.74, 6) is -2.15. The molecule has 4 aromatic rings. The van der Waals surface area contributed by atoms with Crippen molar-refractivity contribution in [2.24, 2.45) is 0 Å². The molecule has 0 aliphatic heterocycles. The SMILES string of the molecule is O=C(Nc1ccc(Cl)cc1C(F)(F)F)C(=O)c1c(-c2ccccc2)cc2ccccn12. The molecule has 0 saturated heterocycles. The molecule has 0 aliphatic rings. The lowest BCUT2D eigenvalue weighted by atomic mass is 10.0. The van der Waals surface area contributed by atoms with Crippen molar-refractivity contribution in [1.29, 1.82) is 0 Å². The number of halogens is 4. The fourth-order valence-electron chi connectivity index (χ4n) is 3.34. The third kappa shape index (κ3) is 4.04. The monoisotopic (exact) mass is 442 g/mol. The van der Waals surface area contributed by atoms with Gasteiger partial charge in [-0.25, -0.2) is 0 Å². The van der Waals surface area contributed by atoms with Gasteiger partial charge in [0.05, 0.1) is 11.3 Å². The number of hydrogen-bond acceptors (Lipinski definition) is 2. The summed E-state index contributed by atoms with van der Waals surface area (Å²) in [6, 6.07) is 18.9. The second-order valence-corrected chi connectivity index (χ2v) is 7.18. The number of pyridine rings is 1. The van der Waals surface area contributed by atoms with Gasteiger partial charge in [0.1, 0.15) is 5.69 Å². The highest BCUT2D eigenvalue weighted by Gasteiger charge is 2.35. The number of ketones is 1. The van der Waals surface area contributed by atoms with Crippen molar-refractivity contribution in [2.75, 3.05) is 5.32 Å². The van der Waals surface area contributed by atoms with E-state index in [1.54, 1.807) is 54.7 Å². The summed E-state index contributed by atoms with van der Waals surface area (Å²) in [6.45, 7) is 0. The molecule has 0 spiro atoms. The van der Waals surface area contributed by atoms with Crippen LogP contribution in [-0.4, -0.2) is 16.1 Å². The number of nitrogens with one attached hydrogen (secondary N) is 1. The first-order valence-corrected chi connectivity index (χ1v) is 9.51. The van der Waals surface area contributed by atoms with Crippen LogP contribution in [0.3, 0.4) is 0 Å². The minimum absolute atomic E-state index is 0.0572. The lowest BCUT2D eigenvalue weighted by molar-refractivity contribution is -0.137. The van der Waals surface area contributed by atoms with E-state index in [-0.39, 0.29) is 10.7 Å². The van der Waals surface area contributed by atoms with Crippen LogP contribution in [0.5, 0.6) is 0 Å². The number of carbonyl (C=O) groups is 2. The van der Waals surface area contributed by atoms with Crippen molar-refractivity contribution < 1.29 is 22.8 Å². The van der Waals surface area contributed by atoms with Crippen LogP contribution in [0.1, 0.15) is 16.1 Å². The third-order valence-corrected chi connectivity index (χ3v) is 4.96. The third-order valence-electron chi connectivity index (χ3n) is 4.72. The highest BCUT2D eigenvalue weighted by molar-refractivity contribution is 6.47. The van der Waals surface area contributed by atoms with Gasteiger partial charge < -0.3 is 9.72 Å². The summed E-state index contributed by atoms with van der Waals surface area (Å²) in [5, 5.41) is 1.96. The number of benzene rings is 2. The topological polar surface area (TPSA) is 50.6 Å². The summed E-state index contributed by atoms with van der Waals surface area (Å²) in [4.78, 5) is 25.8. The molecule has 0 fully saturated rings. The first kappa shape index (κ1) is 20.7. The number of hydrogen-bond donors (Lipinski definition) is 1. The molecule has 156 valence electrons. The average Bonchev–Trinajstić information content (AvgIpc) is 3.14. The molecule has 2 aromatic carbocycles. The number of anilines is 1. The summed E-state index contributed by atoms with van der Waals surface area (Å²) >= 11 is 5.67. The normalized spacial score (nSPS) is 11.5. The van der Waals surface area contributed by atoms with E-state index in [1.807, 2.05) is 6.07 Å². The van der Waals surface area contributed by atoms with E-state index < -0.39 is 29.1 Å². The van der Waals surface area contributed by atoms with E-state index in [1.165, 1.54) is 10.5 Å². The highest BCUT2D eigenvalue weighted by atomic mass is 35.5. The molecule has 0 atom stereocenters. The molecular weight excluding hydrogens is 429 g/mol. The van der Waals surface area contributed by atoms with Crippen LogP contribution < -0.4 is 5.32 Å². The number of alkyl halides is 3. The molecule has 1 amide bonds. The van der Waals surface area contributed by atoms with E-state index in [0.717, 1.165) is 6.07 Å². The van der Waals surface area contributed by atoms with Crippen molar-refractivity contribution in [3.8, 4) is 11.1 Å². The summed E-state index contributed by atoms with van der Waals surface area (Å²) in [7, 11) is 0. The summed E-state index contributed by atoms with van der Waals surface area (Å²) in [6.07, 6.45) is -3.14. The maximum absolute atomic E-state index is 13.3. The first-order valence-electron chi connectivity index (χ1n) is 9.13. The van der Waals surface area contributed by atoms with Gasteiger partial charge in [-0.2, -0.15) is 13.2 Å². The molecule has 0 bridgehead atoms. The van der Waals surface area contributed by atoms with Gasteiger partial charge in [-0.05, 0) is 42.0 Å². The van der Waals surface area contributed by atoms with Gasteiger partial charge in [-0.15, -0.1) is 0 Å². The number of fused-ring (bicyclic) bond motifs is 1. The highest BCUT2D eigenvalue weighted by Crippen LogP contribution is 2.37. The number of rotatable bonds is 4. The molecule has 1 N–H and O–H groups in total. The van der Waals surface area contributed by atoms with E-state index in [0.29, 0.717) is 22.7 Å². The Balaban J connectivity index is 1.77. The van der Waals surface area contributed by atoms with Gasteiger partial charge in [0, 0.05) is 22.3 Å². The van der Waals surface area contributed by atoms with Gasteiger partial charge in [0.25, 0.3) is 11.7 Å². The maximum Gasteiger partial charge on any atom is 0.418 e. The molecule has 0 aliphatic carbocycles. The lowest BCUT2D eigenvalue weighted by Gasteiger charge is -2.14. The Bertz CT molecular complexity index is 1300. The molecule has 8 heteroatoms. The molecule has 0 unspecified atom stereocenters. The second-order valence-electron chi connectivity index (χ2n) is 6.74. The van der Waals surface area contributed by atoms with Gasteiger partial charge in [0.2, 0.25) is 0 Å². The maximum atomic E-state index is 13.3. The van der Waals surface area contributed by atoms with Crippen molar-refractivity contribution >= 4 is 34.5 Å². The Kier molecular flexibility index (Phi) is 5.29. The van der Waals surface area contributed by atoms with Crippen LogP contribution in [0.4, 0.5) is 18.9 Å². The summed E-state index contributed by atoms with van der Waals surface area (Å²) < 4.78 is 41.6. The van der Waals surface area contributed by atoms with Gasteiger partial charge in [-0.3, -0.25) is 9.59 Å². The van der Waals surface area contributed by atoms with Gasteiger partial charge in [-0.1, -0.05) is 48.0 Å². The van der Waals surface area contributed by atoms with Crippen LogP contribution in [-0.2, 0) is 11.0 Å². The largest absolute Gasteiger partial charge is 0.418 e. The van der Waals surface area contributed by atoms with Crippen molar-refractivity contribution in [1.82, 2.24) is 4.40 Å². The number of carbonyl (C=O) groups excluding carboxylic acids is 2. The van der Waals surface area contributed by atoms with E-state index in [4.69, 9.17) is 11.6 Å². The smallest absolute Gasteiger partial charge is 0.318 e. The predicted octanol–water partition coefficient (Wildman–Crippen LogP) is 6.10. The van der Waals surface area contributed by atoms with Crippen LogP contribution in [0.25, 0.3) is 16.6 Å². The van der Waals surface area contributed by atoms with E-state index in [9.17, 15) is 22.8 Å². The van der Waals surface area contributed by atoms with Crippen LogP contribution >= 0.6 is 11.6 Å². The Morgan fingerprint density at radius 3 is 2.32 bits per heavy atom. The zero-order chi connectivity index (χ0) is 22.2. The average molecular weight is 443 g/mol. The van der Waals surface area contributed by atoms with Gasteiger partial charge >= 0.3 is 6.18 Å². The van der Waals surface area contributed by atoms with Crippen LogP contribution in [0.15, 0.2) is 79.0 Å². The Morgan fingerprint density at radius 2 is 1.61 bits per heavy atom. The Morgan fingerprint density at radius 1 is 0.903 bits per heavy atom. The number of amides is 1. The molecule has 0 radical (unpaired) electrons. The molecule has 2 aromatic heterocycles. The minimum Gasteiger partial charge on any atom is -0.318 e. The molecule has 0 saturated carbocycles. The molecule has 2 heterocycles. The minimum atomic E-state index is -4.76. The van der Waals surface area contributed by atoms with Crippen molar-refractivity contribution in [3.05, 3.63) is 95.3 Å². The fraction of sp³-hybridized carbons (Fsp3) is 0.0435. The molecule has 4 rings (SSSR count). The number of nitrogens with zero attached hydrogens (tertiary/aromatic N) is 1. The molecule has 4 nitrogen and oxygen atoms in total. The van der Waals surface area contributed by atoms with Crippen LogP contribution in [0.2, 0.25) is 5.02 Å².